The minimum absolute atomic E-state index is 0.0102. The van der Waals surface area contributed by atoms with E-state index in [1.807, 2.05) is 24.4 Å². The van der Waals surface area contributed by atoms with Crippen LogP contribution in [-0.4, -0.2) is 25.4 Å². The molecule has 1 saturated carbocycles. The number of hydrogen-bond acceptors (Lipinski definition) is 3. The summed E-state index contributed by atoms with van der Waals surface area (Å²) in [7, 11) is -1.05. The van der Waals surface area contributed by atoms with Crippen LogP contribution in [0, 0.1) is 16.7 Å². The largest absolute Gasteiger partial charge is 0.347 e. The molecule has 1 aromatic carbocycles. The molecule has 1 aliphatic rings. The average molecular weight is 523 g/mol. The van der Waals surface area contributed by atoms with Crippen LogP contribution in [0.2, 0.25) is 0 Å². The van der Waals surface area contributed by atoms with Crippen molar-refractivity contribution < 1.29 is 21.8 Å². The molecule has 1 fully saturated rings. The van der Waals surface area contributed by atoms with Crippen LogP contribution >= 0.6 is 0 Å². The lowest BCUT2D eigenvalue weighted by molar-refractivity contribution is 0.152. The van der Waals surface area contributed by atoms with E-state index in [-0.39, 0.29) is 27.5 Å². The zero-order valence-electron chi connectivity index (χ0n) is 20.7. The molecule has 5 nitrogen and oxygen atoms in total. The van der Waals surface area contributed by atoms with Gasteiger partial charge in [-0.25, -0.2) is 31.5 Å². The molecular formula is C26H30F4N4OS. The Morgan fingerprint density at radius 2 is 1.89 bits per heavy atom. The fourth-order valence-electron chi connectivity index (χ4n) is 3.90. The summed E-state index contributed by atoms with van der Waals surface area (Å²) in [6.07, 6.45) is 0.392. The zero-order chi connectivity index (χ0) is 26.6. The number of fused-ring (bicyclic) bond motifs is 1. The summed E-state index contributed by atoms with van der Waals surface area (Å²) in [4.78, 5) is 4.01. The van der Waals surface area contributed by atoms with Gasteiger partial charge in [-0.15, -0.1) is 0 Å². The number of nitrogens with one attached hydrogen (secondary N) is 1. The SMILES string of the molecule is CC(C)(C)Cn1cc(CNS(=O)C2CC2)c2ccc(-c3c(C(F)F)ccnc3C#N)cc21.CC(F)F. The lowest BCUT2D eigenvalue weighted by atomic mass is 9.96. The first-order chi connectivity index (χ1) is 16.9. The maximum Gasteiger partial charge on any atom is 0.264 e. The van der Waals surface area contributed by atoms with Crippen LogP contribution in [0.3, 0.4) is 0 Å². The Kier molecular flexibility index (Phi) is 8.90. The van der Waals surface area contributed by atoms with Crippen LogP contribution < -0.4 is 4.72 Å². The van der Waals surface area contributed by atoms with E-state index >= 15 is 0 Å². The second kappa shape index (κ2) is 11.5. The molecule has 0 aliphatic heterocycles. The van der Waals surface area contributed by atoms with Gasteiger partial charge in [-0.2, -0.15) is 5.26 Å². The third-order valence-corrected chi connectivity index (χ3v) is 6.96. The Labute approximate surface area is 211 Å². The van der Waals surface area contributed by atoms with Crippen LogP contribution in [0.1, 0.15) is 63.8 Å². The molecule has 1 N–H and O–H groups in total. The molecule has 194 valence electrons. The smallest absolute Gasteiger partial charge is 0.264 e. The standard InChI is InChI=1S/C24H26F2N4OS.C2H4F2/c1-24(2,3)14-30-13-16(12-29-32(31)17-5-6-17)18-7-4-15(10-21(18)30)22-19(23(25)26)8-9-28-20(22)11-27;1-2(3)4/h4,7-10,13,17,23,29H,5-6,12,14H2,1-3H3;2H,1H3. The molecule has 0 saturated heterocycles. The highest BCUT2D eigenvalue weighted by molar-refractivity contribution is 7.83. The molecule has 1 aliphatic carbocycles. The van der Waals surface area contributed by atoms with Crippen LogP contribution in [-0.2, 0) is 24.1 Å². The summed E-state index contributed by atoms with van der Waals surface area (Å²) in [5, 5.41) is 10.7. The predicted octanol–water partition coefficient (Wildman–Crippen LogP) is 6.75. The molecule has 1 atom stereocenters. The normalized spacial score (nSPS) is 14.6. The number of nitriles is 1. The number of halogens is 4. The molecule has 0 bridgehead atoms. The van der Waals surface area contributed by atoms with E-state index in [2.05, 4.69) is 35.0 Å². The zero-order valence-corrected chi connectivity index (χ0v) is 21.5. The Morgan fingerprint density at radius 3 is 2.44 bits per heavy atom. The molecule has 0 amide bonds. The Bertz CT molecular complexity index is 1270. The molecule has 0 spiro atoms. The topological polar surface area (TPSA) is 70.7 Å². The number of hydrogen-bond donors (Lipinski definition) is 1. The summed E-state index contributed by atoms with van der Waals surface area (Å²) in [5.74, 6) is 0. The second-order valence-corrected chi connectivity index (χ2v) is 11.5. The van der Waals surface area contributed by atoms with Gasteiger partial charge in [0.25, 0.3) is 6.43 Å². The molecule has 4 rings (SSSR count). The third kappa shape index (κ3) is 7.14. The quantitative estimate of drug-likeness (QED) is 0.349. The van der Waals surface area contributed by atoms with E-state index < -0.39 is 23.8 Å². The average Bonchev–Trinajstić information content (AvgIpc) is 3.59. The minimum Gasteiger partial charge on any atom is -0.347 e. The van der Waals surface area contributed by atoms with Crippen molar-refractivity contribution in [1.82, 2.24) is 14.3 Å². The van der Waals surface area contributed by atoms with Gasteiger partial charge in [0, 0.05) is 52.8 Å². The second-order valence-electron chi connectivity index (χ2n) is 9.95. The summed E-state index contributed by atoms with van der Waals surface area (Å²) in [6, 6.07) is 8.72. The van der Waals surface area contributed by atoms with Gasteiger partial charge in [0.2, 0.25) is 6.43 Å². The van der Waals surface area contributed by atoms with Crippen LogP contribution in [0.25, 0.3) is 22.0 Å². The molecule has 10 heteroatoms. The van der Waals surface area contributed by atoms with Crippen molar-refractivity contribution in [3.8, 4) is 17.2 Å². The van der Waals surface area contributed by atoms with Gasteiger partial charge in [0.1, 0.15) is 11.8 Å². The third-order valence-electron chi connectivity index (χ3n) is 5.45. The predicted molar refractivity (Wildman–Crippen MR) is 134 cm³/mol. The van der Waals surface area contributed by atoms with Crippen molar-refractivity contribution in [3.05, 3.63) is 53.5 Å². The van der Waals surface area contributed by atoms with Crippen LogP contribution in [0.15, 0.2) is 36.7 Å². The van der Waals surface area contributed by atoms with Crippen molar-refractivity contribution in [1.29, 1.82) is 5.26 Å². The fraction of sp³-hybridized carbons (Fsp3) is 0.462. The Balaban J connectivity index is 0.000000840. The first-order valence-corrected chi connectivity index (χ1v) is 12.8. The van der Waals surface area contributed by atoms with E-state index in [4.69, 9.17) is 0 Å². The lowest BCUT2D eigenvalue weighted by Crippen LogP contribution is -2.19. The van der Waals surface area contributed by atoms with E-state index in [9.17, 15) is 27.0 Å². The van der Waals surface area contributed by atoms with Gasteiger partial charge in [-0.05, 0) is 48.4 Å². The number of alkyl halides is 4. The Hall–Kier alpha value is -2.77. The van der Waals surface area contributed by atoms with Gasteiger partial charge >= 0.3 is 0 Å². The van der Waals surface area contributed by atoms with Crippen molar-refractivity contribution in [2.45, 2.75) is 71.7 Å². The Morgan fingerprint density at radius 1 is 1.22 bits per heavy atom. The van der Waals surface area contributed by atoms with Crippen LogP contribution in [0.4, 0.5) is 17.6 Å². The highest BCUT2D eigenvalue weighted by Crippen LogP contribution is 2.36. The minimum atomic E-state index is -2.71. The summed E-state index contributed by atoms with van der Waals surface area (Å²) < 4.78 is 65.6. The summed E-state index contributed by atoms with van der Waals surface area (Å²) in [6.45, 7) is 8.42. The van der Waals surface area contributed by atoms with Gasteiger partial charge in [0.15, 0.2) is 0 Å². The van der Waals surface area contributed by atoms with E-state index in [1.165, 1.54) is 12.3 Å². The first kappa shape index (κ1) is 27.8. The number of rotatable bonds is 7. The summed E-state index contributed by atoms with van der Waals surface area (Å²) >= 11 is 0. The van der Waals surface area contributed by atoms with Crippen LogP contribution in [0.5, 0.6) is 0 Å². The van der Waals surface area contributed by atoms with Gasteiger partial charge in [-0.3, -0.25) is 0 Å². The van der Waals surface area contributed by atoms with Gasteiger partial charge in [-0.1, -0.05) is 32.9 Å². The van der Waals surface area contributed by atoms with Crippen molar-refractivity contribution in [2.24, 2.45) is 5.41 Å². The monoisotopic (exact) mass is 522 g/mol. The highest BCUT2D eigenvalue weighted by Gasteiger charge is 2.28. The highest BCUT2D eigenvalue weighted by atomic mass is 32.2. The van der Waals surface area contributed by atoms with Crippen molar-refractivity contribution in [2.75, 3.05) is 0 Å². The van der Waals surface area contributed by atoms with Crippen molar-refractivity contribution >= 4 is 21.9 Å². The number of aromatic nitrogens is 2. The van der Waals surface area contributed by atoms with E-state index in [0.717, 1.165) is 42.8 Å². The molecule has 2 aromatic heterocycles. The molecule has 1 unspecified atom stereocenters. The fourth-order valence-corrected chi connectivity index (χ4v) is 5.00. The lowest BCUT2D eigenvalue weighted by Gasteiger charge is -2.20. The molecule has 2 heterocycles. The number of benzene rings is 1. The summed E-state index contributed by atoms with van der Waals surface area (Å²) in [5.41, 5.74) is 2.37. The maximum absolute atomic E-state index is 13.7. The van der Waals surface area contributed by atoms with Crippen molar-refractivity contribution in [3.63, 3.8) is 0 Å². The van der Waals surface area contributed by atoms with E-state index in [0.29, 0.717) is 12.1 Å². The van der Waals surface area contributed by atoms with Gasteiger partial charge in [0.05, 0.1) is 11.0 Å². The molecular weight excluding hydrogens is 492 g/mol. The maximum atomic E-state index is 13.7. The molecule has 36 heavy (non-hydrogen) atoms. The van der Waals surface area contributed by atoms with E-state index in [1.54, 1.807) is 6.07 Å². The number of nitrogens with zero attached hydrogens (tertiary/aromatic N) is 3. The first-order valence-electron chi connectivity index (χ1n) is 11.6. The molecule has 3 aromatic rings. The van der Waals surface area contributed by atoms with Gasteiger partial charge < -0.3 is 4.57 Å². The number of pyridine rings is 1. The molecule has 0 radical (unpaired) electrons.